The summed E-state index contributed by atoms with van der Waals surface area (Å²) in [6.07, 6.45) is 1.33. The lowest BCUT2D eigenvalue weighted by atomic mass is 10.0. The Hall–Kier alpha value is -2.45. The number of aliphatic imine (C=N–C) groups is 1. The SMILES string of the molecule is C[Si](C)(C)C1CC1c1ccccc1N=C(c1ccccc1)c1ccccc1. The Morgan fingerprint density at radius 1 is 0.741 bits per heavy atom. The van der Waals surface area contributed by atoms with Crippen molar-refractivity contribution in [3.05, 3.63) is 102 Å². The third kappa shape index (κ3) is 3.96. The van der Waals surface area contributed by atoms with Gasteiger partial charge in [-0.3, -0.25) is 0 Å². The second-order valence-electron chi connectivity index (χ2n) is 8.57. The molecule has 0 heterocycles. The fourth-order valence-electron chi connectivity index (χ4n) is 4.01. The third-order valence-electron chi connectivity index (χ3n) is 5.57. The molecule has 0 N–H and O–H groups in total. The molecule has 4 rings (SSSR count). The van der Waals surface area contributed by atoms with E-state index in [2.05, 4.69) is 105 Å². The molecule has 1 saturated carbocycles. The number of rotatable bonds is 5. The summed E-state index contributed by atoms with van der Waals surface area (Å²) in [5.41, 5.74) is 6.81. The Morgan fingerprint density at radius 2 is 1.26 bits per heavy atom. The van der Waals surface area contributed by atoms with Crippen LogP contribution < -0.4 is 0 Å². The summed E-state index contributed by atoms with van der Waals surface area (Å²) in [5.74, 6) is 0.685. The van der Waals surface area contributed by atoms with Crippen LogP contribution in [0.1, 0.15) is 29.0 Å². The first-order valence-electron chi connectivity index (χ1n) is 9.82. The predicted octanol–water partition coefficient (Wildman–Crippen LogP) is 7.05. The number of hydrogen-bond donors (Lipinski definition) is 0. The molecular weight excluding hydrogens is 342 g/mol. The van der Waals surface area contributed by atoms with Crippen LogP contribution in [0.5, 0.6) is 0 Å². The first-order valence-corrected chi connectivity index (χ1v) is 13.4. The van der Waals surface area contributed by atoms with Gasteiger partial charge in [-0.05, 0) is 29.5 Å². The molecule has 1 aliphatic rings. The fraction of sp³-hybridized carbons (Fsp3) is 0.240. The van der Waals surface area contributed by atoms with Crippen LogP contribution >= 0.6 is 0 Å². The van der Waals surface area contributed by atoms with Crippen LogP contribution in [0.4, 0.5) is 5.69 Å². The van der Waals surface area contributed by atoms with Crippen molar-refractivity contribution >= 4 is 19.5 Å². The summed E-state index contributed by atoms with van der Waals surface area (Å²) in [6.45, 7) is 7.47. The summed E-state index contributed by atoms with van der Waals surface area (Å²) < 4.78 is 0. The van der Waals surface area contributed by atoms with Crippen molar-refractivity contribution in [2.45, 2.75) is 37.5 Å². The Balaban J connectivity index is 1.79. The van der Waals surface area contributed by atoms with Crippen molar-refractivity contribution in [1.29, 1.82) is 0 Å². The number of benzene rings is 3. The molecule has 0 aliphatic heterocycles. The molecule has 2 heteroatoms. The van der Waals surface area contributed by atoms with Gasteiger partial charge in [-0.2, -0.15) is 0 Å². The Labute approximate surface area is 163 Å². The largest absolute Gasteiger partial charge is 0.247 e. The van der Waals surface area contributed by atoms with Crippen molar-refractivity contribution in [2.24, 2.45) is 4.99 Å². The summed E-state index contributed by atoms with van der Waals surface area (Å²) in [4.78, 5) is 5.21. The number of nitrogens with zero attached hydrogens (tertiary/aromatic N) is 1. The predicted molar refractivity (Wildman–Crippen MR) is 119 cm³/mol. The molecule has 0 spiro atoms. The third-order valence-corrected chi connectivity index (χ3v) is 8.43. The molecule has 1 fully saturated rings. The fourth-order valence-corrected chi connectivity index (χ4v) is 6.35. The lowest BCUT2D eigenvalue weighted by Crippen LogP contribution is -2.20. The minimum absolute atomic E-state index is 0.685. The standard InChI is InChI=1S/C25H27NSi/c1-27(2,3)24-18-22(24)21-16-10-11-17-23(21)26-25(19-12-6-4-7-13-19)20-14-8-5-9-15-20/h4-17,22,24H,18H2,1-3H3. The van der Waals surface area contributed by atoms with E-state index in [1.165, 1.54) is 12.0 Å². The average Bonchev–Trinajstić information content (AvgIpc) is 3.49. The Morgan fingerprint density at radius 3 is 1.78 bits per heavy atom. The van der Waals surface area contributed by atoms with Crippen LogP contribution in [0, 0.1) is 0 Å². The van der Waals surface area contributed by atoms with Gasteiger partial charge in [0.05, 0.1) is 11.4 Å². The molecule has 1 nitrogen and oxygen atoms in total. The highest BCUT2D eigenvalue weighted by Crippen LogP contribution is 2.59. The monoisotopic (exact) mass is 369 g/mol. The number of hydrogen-bond acceptors (Lipinski definition) is 1. The molecule has 3 aromatic carbocycles. The molecule has 1 aliphatic carbocycles. The van der Waals surface area contributed by atoms with E-state index in [1.807, 2.05) is 0 Å². The van der Waals surface area contributed by atoms with E-state index >= 15 is 0 Å². The molecule has 2 unspecified atom stereocenters. The van der Waals surface area contributed by atoms with Crippen LogP contribution in [0.15, 0.2) is 89.9 Å². The van der Waals surface area contributed by atoms with Gasteiger partial charge in [0.2, 0.25) is 0 Å². The summed E-state index contributed by atoms with van der Waals surface area (Å²) in [6, 6.07) is 29.8. The van der Waals surface area contributed by atoms with Crippen molar-refractivity contribution < 1.29 is 0 Å². The minimum Gasteiger partial charge on any atom is -0.247 e. The van der Waals surface area contributed by atoms with Crippen molar-refractivity contribution in [3.63, 3.8) is 0 Å². The maximum atomic E-state index is 5.21. The highest BCUT2D eigenvalue weighted by molar-refractivity contribution is 6.78. The van der Waals surface area contributed by atoms with E-state index in [0.717, 1.165) is 28.1 Å². The van der Waals surface area contributed by atoms with Crippen LogP contribution in [0.3, 0.4) is 0 Å². The highest BCUT2D eigenvalue weighted by atomic mass is 28.3. The zero-order valence-corrected chi connectivity index (χ0v) is 17.4. The molecule has 3 aromatic rings. The minimum atomic E-state index is -1.11. The maximum absolute atomic E-state index is 5.21. The van der Waals surface area contributed by atoms with Gasteiger partial charge in [0.15, 0.2) is 0 Å². The van der Waals surface area contributed by atoms with Crippen molar-refractivity contribution in [1.82, 2.24) is 0 Å². The van der Waals surface area contributed by atoms with E-state index in [0.29, 0.717) is 5.92 Å². The van der Waals surface area contributed by atoms with Crippen LogP contribution in [-0.4, -0.2) is 13.8 Å². The lowest BCUT2D eigenvalue weighted by Gasteiger charge is -2.16. The zero-order chi connectivity index (χ0) is 18.9. The van der Waals surface area contributed by atoms with Crippen LogP contribution in [0.2, 0.25) is 25.2 Å². The van der Waals surface area contributed by atoms with E-state index in [-0.39, 0.29) is 0 Å². The van der Waals surface area contributed by atoms with Gasteiger partial charge in [0.1, 0.15) is 0 Å². The van der Waals surface area contributed by atoms with E-state index < -0.39 is 8.07 Å². The molecule has 0 aromatic heterocycles. The molecule has 0 amide bonds. The van der Waals surface area contributed by atoms with Gasteiger partial charge < -0.3 is 0 Å². The van der Waals surface area contributed by atoms with Gasteiger partial charge >= 0.3 is 0 Å². The smallest absolute Gasteiger partial charge is 0.0781 e. The van der Waals surface area contributed by atoms with E-state index in [4.69, 9.17) is 4.99 Å². The summed E-state index contributed by atoms with van der Waals surface area (Å²) >= 11 is 0. The molecule has 27 heavy (non-hydrogen) atoms. The zero-order valence-electron chi connectivity index (χ0n) is 16.4. The average molecular weight is 370 g/mol. The van der Waals surface area contributed by atoms with Gasteiger partial charge in [-0.1, -0.05) is 98.5 Å². The van der Waals surface area contributed by atoms with Crippen LogP contribution in [0.25, 0.3) is 0 Å². The summed E-state index contributed by atoms with van der Waals surface area (Å²) in [7, 11) is -1.11. The first kappa shape index (κ1) is 17.9. The molecule has 0 radical (unpaired) electrons. The quantitative estimate of drug-likeness (QED) is 0.337. The van der Waals surface area contributed by atoms with E-state index in [9.17, 15) is 0 Å². The molecule has 0 saturated heterocycles. The maximum Gasteiger partial charge on any atom is 0.0781 e. The number of para-hydroxylation sites is 1. The van der Waals surface area contributed by atoms with E-state index in [1.54, 1.807) is 0 Å². The van der Waals surface area contributed by atoms with Gasteiger partial charge in [-0.25, -0.2) is 4.99 Å². The van der Waals surface area contributed by atoms with Crippen molar-refractivity contribution in [3.8, 4) is 0 Å². The Bertz CT molecular complexity index is 897. The highest BCUT2D eigenvalue weighted by Gasteiger charge is 2.47. The Kier molecular flexibility index (Phi) is 4.84. The van der Waals surface area contributed by atoms with Crippen molar-refractivity contribution in [2.75, 3.05) is 0 Å². The molecule has 0 bridgehead atoms. The molecular formula is C25H27NSi. The van der Waals surface area contributed by atoms with Gasteiger partial charge in [-0.15, -0.1) is 0 Å². The van der Waals surface area contributed by atoms with Gasteiger partial charge in [0, 0.05) is 19.2 Å². The second-order valence-corrected chi connectivity index (χ2v) is 14.0. The summed E-state index contributed by atoms with van der Waals surface area (Å²) in [5, 5.41) is 0. The lowest BCUT2D eigenvalue weighted by molar-refractivity contribution is 1.10. The molecule has 2 atom stereocenters. The topological polar surface area (TPSA) is 12.4 Å². The van der Waals surface area contributed by atoms with Gasteiger partial charge in [0.25, 0.3) is 0 Å². The van der Waals surface area contributed by atoms with Crippen LogP contribution in [-0.2, 0) is 0 Å². The normalized spacial score (nSPS) is 18.8. The molecule has 136 valence electrons. The first-order chi connectivity index (χ1) is 13.0. The second kappa shape index (κ2) is 7.28.